The van der Waals surface area contributed by atoms with Gasteiger partial charge in [0.05, 0.1) is 6.54 Å². The average molecular weight is 339 g/mol. The Bertz CT molecular complexity index is 852. The van der Waals surface area contributed by atoms with E-state index in [9.17, 15) is 4.79 Å². The van der Waals surface area contributed by atoms with Crippen molar-refractivity contribution < 1.29 is 13.9 Å². The highest BCUT2D eigenvalue weighted by Gasteiger charge is 2.20. The fourth-order valence-electron chi connectivity index (χ4n) is 2.52. The summed E-state index contributed by atoms with van der Waals surface area (Å²) < 4.78 is 11.4. The maximum Gasteiger partial charge on any atom is 0.289 e. The number of rotatable bonds is 6. The Morgan fingerprint density at radius 1 is 1.28 bits per heavy atom. The van der Waals surface area contributed by atoms with Gasteiger partial charge >= 0.3 is 0 Å². The van der Waals surface area contributed by atoms with E-state index in [1.807, 2.05) is 50.2 Å². The Kier molecular flexibility index (Phi) is 4.88. The molecule has 2 heterocycles. The molecule has 25 heavy (non-hydrogen) atoms. The lowest BCUT2D eigenvalue weighted by molar-refractivity contribution is 0.0745. The van der Waals surface area contributed by atoms with Crippen LogP contribution in [0.4, 0.5) is 0 Å². The molecule has 1 aromatic carbocycles. The summed E-state index contributed by atoms with van der Waals surface area (Å²) in [7, 11) is 1.72. The lowest BCUT2D eigenvalue weighted by atomic mass is 10.2. The summed E-state index contributed by atoms with van der Waals surface area (Å²) in [6.07, 6.45) is 1.74. The third kappa shape index (κ3) is 4.09. The van der Waals surface area contributed by atoms with E-state index in [4.69, 9.17) is 9.15 Å². The molecular formula is C19H21N3O3. The van der Waals surface area contributed by atoms with Gasteiger partial charge in [0, 0.05) is 24.5 Å². The number of nitrogens with one attached hydrogen (secondary N) is 1. The number of benzene rings is 1. The molecule has 1 amide bonds. The van der Waals surface area contributed by atoms with E-state index in [-0.39, 0.29) is 12.5 Å². The first-order valence-corrected chi connectivity index (χ1v) is 8.06. The topological polar surface area (TPSA) is 71.4 Å². The number of furan rings is 1. The van der Waals surface area contributed by atoms with Gasteiger partial charge in [-0.05, 0) is 32.0 Å². The first-order chi connectivity index (χ1) is 12.0. The highest BCUT2D eigenvalue weighted by molar-refractivity contribution is 5.92. The molecule has 0 saturated heterocycles. The van der Waals surface area contributed by atoms with E-state index in [1.54, 1.807) is 18.1 Å². The smallest absolute Gasteiger partial charge is 0.289 e. The zero-order valence-electron chi connectivity index (χ0n) is 14.6. The van der Waals surface area contributed by atoms with Crippen molar-refractivity contribution in [3.8, 4) is 5.75 Å². The first-order valence-electron chi connectivity index (χ1n) is 8.06. The maximum atomic E-state index is 12.6. The summed E-state index contributed by atoms with van der Waals surface area (Å²) in [4.78, 5) is 21.5. The average Bonchev–Trinajstić information content (AvgIpc) is 3.18. The Labute approximate surface area is 146 Å². The Hall–Kier alpha value is -3.02. The second-order valence-corrected chi connectivity index (χ2v) is 6.00. The Balaban J connectivity index is 1.65. The van der Waals surface area contributed by atoms with Crippen LogP contribution in [0.3, 0.4) is 0 Å². The van der Waals surface area contributed by atoms with Gasteiger partial charge in [-0.2, -0.15) is 0 Å². The van der Waals surface area contributed by atoms with Crippen LogP contribution >= 0.6 is 0 Å². The van der Waals surface area contributed by atoms with Crippen LogP contribution in [-0.4, -0.2) is 27.8 Å². The molecule has 130 valence electrons. The number of aromatic amines is 1. The molecule has 1 N–H and O–H groups in total. The van der Waals surface area contributed by atoms with Gasteiger partial charge < -0.3 is 19.0 Å². The van der Waals surface area contributed by atoms with Crippen molar-refractivity contribution in [1.29, 1.82) is 0 Å². The minimum absolute atomic E-state index is 0.183. The number of carbonyl (C=O) groups excluding carboxylic acids is 1. The number of amides is 1. The molecule has 6 nitrogen and oxygen atoms in total. The molecular weight excluding hydrogens is 318 g/mol. The van der Waals surface area contributed by atoms with Crippen LogP contribution in [0.25, 0.3) is 0 Å². The van der Waals surface area contributed by atoms with E-state index >= 15 is 0 Å². The molecule has 3 rings (SSSR count). The summed E-state index contributed by atoms with van der Waals surface area (Å²) in [5.41, 5.74) is 1.75. The summed E-state index contributed by atoms with van der Waals surface area (Å²) in [6, 6.07) is 11.3. The minimum Gasteiger partial charge on any atom is -0.486 e. The van der Waals surface area contributed by atoms with E-state index < -0.39 is 0 Å². The summed E-state index contributed by atoms with van der Waals surface area (Å²) in [6.45, 7) is 4.45. The van der Waals surface area contributed by atoms with E-state index in [0.29, 0.717) is 18.1 Å². The number of para-hydroxylation sites is 1. The molecule has 0 bridgehead atoms. The number of H-pyrrole nitrogens is 1. The van der Waals surface area contributed by atoms with Gasteiger partial charge in [0.2, 0.25) is 0 Å². The molecule has 0 saturated carbocycles. The van der Waals surface area contributed by atoms with Crippen LogP contribution in [0.1, 0.15) is 33.4 Å². The molecule has 0 fully saturated rings. The van der Waals surface area contributed by atoms with Crippen molar-refractivity contribution in [2.45, 2.75) is 27.0 Å². The monoisotopic (exact) mass is 339 g/mol. The molecule has 0 unspecified atom stereocenters. The molecule has 0 aliphatic rings. The van der Waals surface area contributed by atoms with Crippen LogP contribution < -0.4 is 4.74 Å². The molecule has 6 heteroatoms. The molecule has 0 aliphatic heterocycles. The van der Waals surface area contributed by atoms with Crippen molar-refractivity contribution in [2.24, 2.45) is 0 Å². The number of ether oxygens (including phenoxy) is 1. The van der Waals surface area contributed by atoms with Crippen molar-refractivity contribution in [3.63, 3.8) is 0 Å². The van der Waals surface area contributed by atoms with Crippen LogP contribution in [-0.2, 0) is 13.2 Å². The van der Waals surface area contributed by atoms with Gasteiger partial charge in [0.25, 0.3) is 5.91 Å². The van der Waals surface area contributed by atoms with Gasteiger partial charge in [-0.1, -0.05) is 18.2 Å². The van der Waals surface area contributed by atoms with Gasteiger partial charge in [-0.15, -0.1) is 0 Å². The van der Waals surface area contributed by atoms with E-state index in [1.165, 1.54) is 0 Å². The highest BCUT2D eigenvalue weighted by atomic mass is 16.5. The maximum absolute atomic E-state index is 12.6. The second-order valence-electron chi connectivity index (χ2n) is 6.00. The number of hydrogen-bond donors (Lipinski definition) is 1. The first kappa shape index (κ1) is 16.8. The fourth-order valence-corrected chi connectivity index (χ4v) is 2.52. The second kappa shape index (κ2) is 7.25. The molecule has 0 spiro atoms. The predicted octanol–water partition coefficient (Wildman–Crippen LogP) is 3.47. The molecule has 0 radical (unpaired) electrons. The number of nitrogens with zero attached hydrogens (tertiary/aromatic N) is 2. The molecule has 2 aromatic heterocycles. The largest absolute Gasteiger partial charge is 0.486 e. The van der Waals surface area contributed by atoms with Crippen LogP contribution in [0.15, 0.2) is 47.0 Å². The third-order valence-electron chi connectivity index (χ3n) is 3.78. The normalized spacial score (nSPS) is 10.7. The van der Waals surface area contributed by atoms with Gasteiger partial charge in [-0.25, -0.2) is 4.98 Å². The predicted molar refractivity (Wildman–Crippen MR) is 93.3 cm³/mol. The van der Waals surface area contributed by atoms with Crippen molar-refractivity contribution >= 4 is 5.91 Å². The third-order valence-corrected chi connectivity index (χ3v) is 3.78. The number of hydrogen-bond acceptors (Lipinski definition) is 4. The van der Waals surface area contributed by atoms with Crippen LogP contribution in [0, 0.1) is 13.8 Å². The molecule has 0 aliphatic carbocycles. The summed E-state index contributed by atoms with van der Waals surface area (Å²) in [5, 5.41) is 0. The van der Waals surface area contributed by atoms with Crippen molar-refractivity contribution in [2.75, 3.05) is 7.05 Å². The van der Waals surface area contributed by atoms with E-state index in [0.717, 1.165) is 22.8 Å². The Morgan fingerprint density at radius 2 is 2.04 bits per heavy atom. The Morgan fingerprint density at radius 3 is 2.72 bits per heavy atom. The zero-order valence-corrected chi connectivity index (χ0v) is 14.6. The van der Waals surface area contributed by atoms with Crippen molar-refractivity contribution in [1.82, 2.24) is 14.9 Å². The minimum atomic E-state index is -0.183. The fraction of sp³-hybridized carbons (Fsp3) is 0.263. The van der Waals surface area contributed by atoms with Crippen LogP contribution in [0.2, 0.25) is 0 Å². The quantitative estimate of drug-likeness (QED) is 0.746. The molecule has 3 aromatic rings. The zero-order chi connectivity index (χ0) is 17.8. The summed E-state index contributed by atoms with van der Waals surface area (Å²) in [5.74, 6) is 2.27. The summed E-state index contributed by atoms with van der Waals surface area (Å²) >= 11 is 0. The SMILES string of the molecule is Cc1cnc(CN(C)C(=O)c2oc(COc3ccccc3)cc2C)[nH]1. The van der Waals surface area contributed by atoms with Gasteiger partial charge in [0.1, 0.15) is 23.9 Å². The van der Waals surface area contributed by atoms with Crippen LogP contribution in [0.5, 0.6) is 5.75 Å². The number of aromatic nitrogens is 2. The van der Waals surface area contributed by atoms with Gasteiger partial charge in [0.15, 0.2) is 5.76 Å². The highest BCUT2D eigenvalue weighted by Crippen LogP contribution is 2.19. The standard InChI is InChI=1S/C19H21N3O3/c1-13-9-16(12-24-15-7-5-4-6-8-15)25-18(13)19(23)22(3)11-17-20-10-14(2)21-17/h4-10H,11-12H2,1-3H3,(H,20,21). The molecule has 0 atom stereocenters. The number of imidazole rings is 1. The lowest BCUT2D eigenvalue weighted by Gasteiger charge is -2.14. The number of carbonyl (C=O) groups is 1. The van der Waals surface area contributed by atoms with Gasteiger partial charge in [-0.3, -0.25) is 4.79 Å². The van der Waals surface area contributed by atoms with Crippen molar-refractivity contribution in [3.05, 3.63) is 71.2 Å². The van der Waals surface area contributed by atoms with E-state index in [2.05, 4.69) is 9.97 Å². The lowest BCUT2D eigenvalue weighted by Crippen LogP contribution is -2.26. The number of aryl methyl sites for hydroxylation is 2.